The van der Waals surface area contributed by atoms with E-state index in [-0.39, 0.29) is 5.41 Å². The van der Waals surface area contributed by atoms with Crippen molar-refractivity contribution < 1.29 is 4.79 Å². The molecular weight excluding hydrogens is 220 g/mol. The number of aldehydes is 1. The zero-order valence-corrected chi connectivity index (χ0v) is 12.5. The minimum Gasteiger partial charge on any atom is -0.303 e. The Balaban J connectivity index is 3.23. The van der Waals surface area contributed by atoms with E-state index < -0.39 is 0 Å². The molecule has 0 fully saturated rings. The number of aryl methyl sites for hydroxylation is 1. The molecular formula is C17H26O. The van der Waals surface area contributed by atoms with Gasteiger partial charge in [-0.15, -0.1) is 0 Å². The zero-order chi connectivity index (χ0) is 13.8. The molecule has 100 valence electrons. The van der Waals surface area contributed by atoms with Crippen LogP contribution in [-0.4, -0.2) is 6.29 Å². The molecule has 0 unspecified atom stereocenters. The van der Waals surface area contributed by atoms with Gasteiger partial charge in [-0.25, -0.2) is 0 Å². The number of hydrogen-bond acceptors (Lipinski definition) is 1. The summed E-state index contributed by atoms with van der Waals surface area (Å²) < 4.78 is 0. The number of carbonyl (C=O) groups excluding carboxylic acids is 1. The highest BCUT2D eigenvalue weighted by atomic mass is 16.1. The van der Waals surface area contributed by atoms with Crippen LogP contribution in [0.25, 0.3) is 0 Å². The maximum absolute atomic E-state index is 10.5. The summed E-state index contributed by atoms with van der Waals surface area (Å²) in [5.74, 6) is 0. The molecule has 1 heteroatoms. The summed E-state index contributed by atoms with van der Waals surface area (Å²) in [6, 6.07) is 4.47. The first-order valence-corrected chi connectivity index (χ1v) is 6.97. The van der Waals surface area contributed by atoms with E-state index in [4.69, 9.17) is 0 Å². The lowest BCUT2D eigenvalue weighted by Crippen LogP contribution is -2.16. The van der Waals surface area contributed by atoms with Crippen LogP contribution >= 0.6 is 0 Å². The fourth-order valence-corrected chi connectivity index (χ4v) is 2.57. The van der Waals surface area contributed by atoms with Crippen LogP contribution in [0.15, 0.2) is 12.1 Å². The molecule has 1 rings (SSSR count). The van der Waals surface area contributed by atoms with E-state index in [0.717, 1.165) is 19.1 Å². The highest BCUT2D eigenvalue weighted by Crippen LogP contribution is 2.30. The highest BCUT2D eigenvalue weighted by Gasteiger charge is 2.19. The lowest BCUT2D eigenvalue weighted by atomic mass is 9.79. The predicted molar refractivity (Wildman–Crippen MR) is 78.3 cm³/mol. The second kappa shape index (κ2) is 6.17. The van der Waals surface area contributed by atoms with Crippen molar-refractivity contribution in [3.05, 3.63) is 34.4 Å². The number of carbonyl (C=O) groups is 1. The second-order valence-electron chi connectivity index (χ2n) is 6.08. The Morgan fingerprint density at radius 2 is 1.83 bits per heavy atom. The largest absolute Gasteiger partial charge is 0.303 e. The van der Waals surface area contributed by atoms with Crippen molar-refractivity contribution in [1.82, 2.24) is 0 Å². The van der Waals surface area contributed by atoms with Crippen molar-refractivity contribution in [2.45, 2.75) is 65.7 Å². The van der Waals surface area contributed by atoms with E-state index in [9.17, 15) is 4.79 Å². The van der Waals surface area contributed by atoms with Crippen molar-refractivity contribution in [2.75, 3.05) is 0 Å². The number of benzene rings is 1. The molecule has 0 aliphatic heterocycles. The molecule has 18 heavy (non-hydrogen) atoms. The summed E-state index contributed by atoms with van der Waals surface area (Å²) in [5, 5.41) is 0. The average Bonchev–Trinajstić information content (AvgIpc) is 2.29. The Hall–Kier alpha value is -1.11. The van der Waals surface area contributed by atoms with E-state index in [1.165, 1.54) is 28.7 Å². The van der Waals surface area contributed by atoms with Gasteiger partial charge in [-0.2, -0.15) is 0 Å². The molecule has 1 aromatic carbocycles. The molecule has 0 bridgehead atoms. The Kier molecular flexibility index (Phi) is 5.13. The van der Waals surface area contributed by atoms with Gasteiger partial charge in [0.2, 0.25) is 0 Å². The first-order valence-electron chi connectivity index (χ1n) is 6.97. The summed E-state index contributed by atoms with van der Waals surface area (Å²) >= 11 is 0. The van der Waals surface area contributed by atoms with Crippen LogP contribution in [0.5, 0.6) is 0 Å². The standard InChI is InChI=1S/C17H26O/c1-6-8-15-13(2)14(9-7-12-18)10-11-16(15)17(3,4)5/h10-12H,6-9H2,1-5H3. The zero-order valence-electron chi connectivity index (χ0n) is 12.5. The van der Waals surface area contributed by atoms with Crippen LogP contribution in [-0.2, 0) is 23.1 Å². The molecule has 0 aliphatic carbocycles. The van der Waals surface area contributed by atoms with Gasteiger partial charge < -0.3 is 4.79 Å². The molecule has 0 atom stereocenters. The molecule has 0 spiro atoms. The monoisotopic (exact) mass is 246 g/mol. The molecule has 1 aromatic rings. The van der Waals surface area contributed by atoms with Gasteiger partial charge in [0.25, 0.3) is 0 Å². The van der Waals surface area contributed by atoms with Crippen molar-refractivity contribution in [2.24, 2.45) is 0 Å². The first kappa shape index (κ1) is 14.9. The normalized spacial score (nSPS) is 11.6. The van der Waals surface area contributed by atoms with Gasteiger partial charge in [0.15, 0.2) is 0 Å². The second-order valence-corrected chi connectivity index (χ2v) is 6.08. The fraction of sp³-hybridized carbons (Fsp3) is 0.588. The number of hydrogen-bond donors (Lipinski definition) is 0. The number of rotatable bonds is 5. The van der Waals surface area contributed by atoms with Crippen molar-refractivity contribution in [1.29, 1.82) is 0 Å². The minimum atomic E-state index is 0.193. The van der Waals surface area contributed by atoms with Gasteiger partial charge in [-0.3, -0.25) is 0 Å². The summed E-state index contributed by atoms with van der Waals surface area (Å²) in [4.78, 5) is 10.5. The predicted octanol–water partition coefficient (Wildman–Crippen LogP) is 4.38. The quantitative estimate of drug-likeness (QED) is 0.705. The SMILES string of the molecule is CCCc1c(C(C)(C)C)ccc(CCC=O)c1C. The lowest BCUT2D eigenvalue weighted by Gasteiger charge is -2.25. The minimum absolute atomic E-state index is 0.193. The van der Waals surface area contributed by atoms with Gasteiger partial charge >= 0.3 is 0 Å². The third kappa shape index (κ3) is 3.44. The third-order valence-corrected chi connectivity index (χ3v) is 3.55. The lowest BCUT2D eigenvalue weighted by molar-refractivity contribution is -0.107. The molecule has 1 nitrogen and oxygen atoms in total. The Labute approximate surface area is 112 Å². The van der Waals surface area contributed by atoms with Crippen molar-refractivity contribution in [3.63, 3.8) is 0 Å². The van der Waals surface area contributed by atoms with Crippen molar-refractivity contribution >= 4 is 6.29 Å². The Bertz CT molecular complexity index is 410. The molecule has 0 aliphatic rings. The maximum atomic E-state index is 10.5. The van der Waals surface area contributed by atoms with Crippen LogP contribution in [0.2, 0.25) is 0 Å². The summed E-state index contributed by atoms with van der Waals surface area (Å²) in [7, 11) is 0. The third-order valence-electron chi connectivity index (χ3n) is 3.55. The Morgan fingerprint density at radius 3 is 2.33 bits per heavy atom. The van der Waals surface area contributed by atoms with Crippen LogP contribution in [0.1, 0.15) is 62.8 Å². The fourth-order valence-electron chi connectivity index (χ4n) is 2.57. The average molecular weight is 246 g/mol. The van der Waals surface area contributed by atoms with Gasteiger partial charge in [0.05, 0.1) is 0 Å². The van der Waals surface area contributed by atoms with Gasteiger partial charge in [0, 0.05) is 6.42 Å². The van der Waals surface area contributed by atoms with Gasteiger partial charge in [-0.05, 0) is 47.4 Å². The molecule has 0 amide bonds. The van der Waals surface area contributed by atoms with E-state index in [0.29, 0.717) is 6.42 Å². The van der Waals surface area contributed by atoms with Crippen LogP contribution in [0, 0.1) is 6.92 Å². The smallest absolute Gasteiger partial charge is 0.120 e. The molecule has 0 aromatic heterocycles. The van der Waals surface area contributed by atoms with Crippen LogP contribution < -0.4 is 0 Å². The van der Waals surface area contributed by atoms with Gasteiger partial charge in [0.1, 0.15) is 6.29 Å². The summed E-state index contributed by atoms with van der Waals surface area (Å²) in [5.41, 5.74) is 5.87. The molecule has 0 heterocycles. The van der Waals surface area contributed by atoms with Crippen LogP contribution in [0.4, 0.5) is 0 Å². The van der Waals surface area contributed by atoms with E-state index >= 15 is 0 Å². The first-order chi connectivity index (χ1) is 8.41. The molecule has 0 N–H and O–H groups in total. The Morgan fingerprint density at radius 1 is 1.17 bits per heavy atom. The topological polar surface area (TPSA) is 17.1 Å². The summed E-state index contributed by atoms with van der Waals surface area (Å²) in [6.45, 7) is 11.2. The summed E-state index contributed by atoms with van der Waals surface area (Å²) in [6.07, 6.45) is 4.81. The van der Waals surface area contributed by atoms with E-state index in [1.54, 1.807) is 0 Å². The van der Waals surface area contributed by atoms with Crippen LogP contribution in [0.3, 0.4) is 0 Å². The van der Waals surface area contributed by atoms with Crippen molar-refractivity contribution in [3.8, 4) is 0 Å². The maximum Gasteiger partial charge on any atom is 0.120 e. The molecule has 0 saturated heterocycles. The van der Waals surface area contributed by atoms with E-state index in [2.05, 4.69) is 46.8 Å². The molecule has 0 radical (unpaired) electrons. The molecule has 0 saturated carbocycles. The van der Waals surface area contributed by atoms with Gasteiger partial charge in [-0.1, -0.05) is 46.2 Å². The highest BCUT2D eigenvalue weighted by molar-refractivity contribution is 5.51. The van der Waals surface area contributed by atoms with E-state index in [1.807, 2.05) is 0 Å².